The van der Waals surface area contributed by atoms with Crippen LogP contribution in [0, 0.1) is 11.3 Å². The predicted molar refractivity (Wildman–Crippen MR) is 84.1 cm³/mol. The van der Waals surface area contributed by atoms with E-state index in [0.717, 1.165) is 0 Å². The van der Waals surface area contributed by atoms with Crippen LogP contribution < -0.4 is 9.46 Å². The highest BCUT2D eigenvalue weighted by Gasteiger charge is 2.10. The molecule has 1 aromatic rings. The average molecular weight is 331 g/mol. The van der Waals surface area contributed by atoms with E-state index in [1.807, 2.05) is 6.07 Å². The van der Waals surface area contributed by atoms with E-state index in [0.29, 0.717) is 49.6 Å². The summed E-state index contributed by atoms with van der Waals surface area (Å²) in [5.74, 6) is 1.09. The molecule has 0 atom stereocenters. The van der Waals surface area contributed by atoms with E-state index < -0.39 is 10.0 Å². The van der Waals surface area contributed by atoms with Crippen LogP contribution >= 0.6 is 11.6 Å². The van der Waals surface area contributed by atoms with Crippen LogP contribution in [0.25, 0.3) is 0 Å². The molecule has 1 aromatic carbocycles. The summed E-state index contributed by atoms with van der Waals surface area (Å²) in [5, 5.41) is 8.43. The summed E-state index contributed by atoms with van der Waals surface area (Å²) in [7, 11) is -3.36. The van der Waals surface area contributed by atoms with Gasteiger partial charge in [0.25, 0.3) is 0 Å². The van der Waals surface area contributed by atoms with Gasteiger partial charge in [-0.1, -0.05) is 6.07 Å². The lowest BCUT2D eigenvalue weighted by molar-refractivity contribution is 0.313. The van der Waals surface area contributed by atoms with Crippen molar-refractivity contribution in [3.63, 3.8) is 0 Å². The number of nitrogens with zero attached hydrogens (tertiary/aromatic N) is 1. The van der Waals surface area contributed by atoms with Crippen LogP contribution in [0.15, 0.2) is 24.3 Å². The van der Waals surface area contributed by atoms with Gasteiger partial charge in [-0.2, -0.15) is 5.26 Å². The second-order valence-electron chi connectivity index (χ2n) is 4.45. The molecule has 0 heterocycles. The number of anilines is 1. The van der Waals surface area contributed by atoms with Crippen LogP contribution in [-0.2, 0) is 10.0 Å². The number of benzene rings is 1. The van der Waals surface area contributed by atoms with E-state index in [1.165, 1.54) is 0 Å². The minimum absolute atomic E-state index is 0.0486. The highest BCUT2D eigenvalue weighted by molar-refractivity contribution is 7.92. The monoisotopic (exact) mass is 330 g/mol. The number of nitriles is 1. The highest BCUT2D eigenvalue weighted by atomic mass is 35.5. The van der Waals surface area contributed by atoms with E-state index in [-0.39, 0.29) is 5.75 Å². The molecule has 116 valence electrons. The standard InChI is InChI=1S/C14H19ClN2O3S/c15-8-1-4-11-21(18,19)17-13-6-5-7-14(12-13)20-10-3-2-9-16/h5-7,12,17H,1-4,8,10-11H2. The van der Waals surface area contributed by atoms with Gasteiger partial charge in [-0.15, -0.1) is 11.6 Å². The van der Waals surface area contributed by atoms with Crippen molar-refractivity contribution in [3.8, 4) is 11.8 Å². The fourth-order valence-corrected chi connectivity index (χ4v) is 2.97. The Hall–Kier alpha value is -1.45. The van der Waals surface area contributed by atoms with E-state index in [2.05, 4.69) is 4.72 Å². The number of sulfonamides is 1. The Labute approximate surface area is 130 Å². The van der Waals surface area contributed by atoms with Crippen molar-refractivity contribution in [2.75, 3.05) is 23.0 Å². The molecule has 0 bridgehead atoms. The van der Waals surface area contributed by atoms with Crippen LogP contribution in [0.2, 0.25) is 0 Å². The summed E-state index contributed by atoms with van der Waals surface area (Å²) in [6, 6.07) is 8.80. The minimum atomic E-state index is -3.36. The zero-order chi connectivity index (χ0) is 15.6. The number of ether oxygens (including phenoxy) is 1. The van der Waals surface area contributed by atoms with Gasteiger partial charge in [0, 0.05) is 18.4 Å². The van der Waals surface area contributed by atoms with Gasteiger partial charge in [-0.3, -0.25) is 4.72 Å². The van der Waals surface area contributed by atoms with Gasteiger partial charge in [0.15, 0.2) is 0 Å². The number of unbranched alkanes of at least 4 members (excludes halogenated alkanes) is 2. The zero-order valence-electron chi connectivity index (χ0n) is 11.7. The summed E-state index contributed by atoms with van der Waals surface area (Å²) >= 11 is 5.53. The Morgan fingerprint density at radius 2 is 2.10 bits per heavy atom. The summed E-state index contributed by atoms with van der Waals surface area (Å²) < 4.78 is 31.7. The first-order valence-electron chi connectivity index (χ1n) is 6.73. The molecular weight excluding hydrogens is 312 g/mol. The number of alkyl halides is 1. The summed E-state index contributed by atoms with van der Waals surface area (Å²) in [6.45, 7) is 0.430. The number of hydrogen-bond acceptors (Lipinski definition) is 4. The summed E-state index contributed by atoms with van der Waals surface area (Å²) in [4.78, 5) is 0. The van der Waals surface area contributed by atoms with Crippen LogP contribution in [0.1, 0.15) is 25.7 Å². The molecule has 7 heteroatoms. The van der Waals surface area contributed by atoms with E-state index in [9.17, 15) is 8.42 Å². The molecule has 0 amide bonds. The van der Waals surface area contributed by atoms with Gasteiger partial charge >= 0.3 is 0 Å². The van der Waals surface area contributed by atoms with Crippen LogP contribution in [0.4, 0.5) is 5.69 Å². The molecule has 0 spiro atoms. The number of halogens is 1. The summed E-state index contributed by atoms with van der Waals surface area (Å²) in [5.41, 5.74) is 0.471. The van der Waals surface area contributed by atoms with Crippen LogP contribution in [-0.4, -0.2) is 26.7 Å². The Morgan fingerprint density at radius 3 is 2.81 bits per heavy atom. The van der Waals surface area contributed by atoms with Crippen LogP contribution in [0.5, 0.6) is 5.75 Å². The Kier molecular flexibility index (Phi) is 7.95. The summed E-state index contributed by atoms with van der Waals surface area (Å²) in [6.07, 6.45) is 2.28. The lowest BCUT2D eigenvalue weighted by atomic mass is 10.3. The Bertz CT molecular complexity index is 570. The molecule has 5 nitrogen and oxygen atoms in total. The lowest BCUT2D eigenvalue weighted by Crippen LogP contribution is -2.16. The van der Waals surface area contributed by atoms with Gasteiger partial charge in [-0.25, -0.2) is 8.42 Å². The smallest absolute Gasteiger partial charge is 0.232 e. The third-order valence-corrected chi connectivity index (χ3v) is 4.25. The zero-order valence-corrected chi connectivity index (χ0v) is 13.3. The molecule has 0 aliphatic heterocycles. The molecular formula is C14H19ClN2O3S. The Balaban J connectivity index is 2.53. The molecule has 0 aliphatic carbocycles. The maximum absolute atomic E-state index is 11.9. The molecule has 0 saturated carbocycles. The van der Waals surface area contributed by atoms with Gasteiger partial charge in [0.2, 0.25) is 10.0 Å². The number of hydrogen-bond donors (Lipinski definition) is 1. The van der Waals surface area contributed by atoms with Crippen molar-refractivity contribution in [2.45, 2.75) is 25.7 Å². The quantitative estimate of drug-likeness (QED) is 0.528. The third kappa shape index (κ3) is 7.78. The van der Waals surface area contributed by atoms with Gasteiger partial charge in [-0.05, 0) is 31.4 Å². The van der Waals surface area contributed by atoms with E-state index in [4.69, 9.17) is 21.6 Å². The second kappa shape index (κ2) is 9.48. The largest absolute Gasteiger partial charge is 0.493 e. The van der Waals surface area contributed by atoms with Crippen molar-refractivity contribution < 1.29 is 13.2 Å². The normalized spacial score (nSPS) is 10.9. The fourth-order valence-electron chi connectivity index (χ4n) is 1.61. The lowest BCUT2D eigenvalue weighted by Gasteiger charge is -2.10. The van der Waals surface area contributed by atoms with Crippen molar-refractivity contribution in [2.24, 2.45) is 0 Å². The second-order valence-corrected chi connectivity index (χ2v) is 6.67. The molecule has 0 saturated heterocycles. The van der Waals surface area contributed by atoms with Gasteiger partial charge in [0.1, 0.15) is 5.75 Å². The molecule has 21 heavy (non-hydrogen) atoms. The van der Waals surface area contributed by atoms with Crippen molar-refractivity contribution in [1.29, 1.82) is 5.26 Å². The first-order valence-corrected chi connectivity index (χ1v) is 8.92. The van der Waals surface area contributed by atoms with Gasteiger partial charge in [0.05, 0.1) is 24.1 Å². The first-order chi connectivity index (χ1) is 10.1. The van der Waals surface area contributed by atoms with Crippen LogP contribution in [0.3, 0.4) is 0 Å². The van der Waals surface area contributed by atoms with Gasteiger partial charge < -0.3 is 4.74 Å². The van der Waals surface area contributed by atoms with Crippen molar-refractivity contribution in [3.05, 3.63) is 24.3 Å². The fraction of sp³-hybridized carbons (Fsp3) is 0.500. The predicted octanol–water partition coefficient (Wildman–Crippen LogP) is 3.13. The molecule has 0 unspecified atom stereocenters. The van der Waals surface area contributed by atoms with Crippen molar-refractivity contribution in [1.82, 2.24) is 0 Å². The molecule has 0 fully saturated rings. The number of nitrogens with one attached hydrogen (secondary N) is 1. The minimum Gasteiger partial charge on any atom is -0.493 e. The average Bonchev–Trinajstić information content (AvgIpc) is 2.44. The molecule has 1 N–H and O–H groups in total. The first kappa shape index (κ1) is 17.6. The maximum Gasteiger partial charge on any atom is 0.232 e. The molecule has 0 aromatic heterocycles. The SMILES string of the molecule is N#CCCCOc1cccc(NS(=O)(=O)CCCCCl)c1. The molecule has 0 radical (unpaired) electrons. The molecule has 1 rings (SSSR count). The molecule has 0 aliphatic rings. The maximum atomic E-state index is 11.9. The Morgan fingerprint density at radius 1 is 1.29 bits per heavy atom. The highest BCUT2D eigenvalue weighted by Crippen LogP contribution is 2.19. The topological polar surface area (TPSA) is 79.2 Å². The number of rotatable bonds is 10. The van der Waals surface area contributed by atoms with E-state index in [1.54, 1.807) is 24.3 Å². The van der Waals surface area contributed by atoms with Crippen molar-refractivity contribution >= 4 is 27.3 Å². The third-order valence-electron chi connectivity index (χ3n) is 2.61. The van der Waals surface area contributed by atoms with E-state index >= 15 is 0 Å².